The van der Waals surface area contributed by atoms with Crippen molar-refractivity contribution in [1.29, 1.82) is 0 Å². The molecular formula is C21H15FN2O3S. The molecule has 0 unspecified atom stereocenters. The number of aromatic nitrogens is 2. The molecule has 0 amide bonds. The second-order valence-electron chi connectivity index (χ2n) is 6.73. The molecule has 1 aliphatic carbocycles. The number of hydrogen-bond donors (Lipinski definition) is 0. The number of hydrogen-bond acceptors (Lipinski definition) is 6. The molecule has 2 aromatic carbocycles. The summed E-state index contributed by atoms with van der Waals surface area (Å²) in [4.78, 5) is 12.0. The zero-order valence-corrected chi connectivity index (χ0v) is 15.6. The van der Waals surface area contributed by atoms with Crippen LogP contribution in [0.2, 0.25) is 0 Å². The van der Waals surface area contributed by atoms with Crippen LogP contribution in [0.1, 0.15) is 23.1 Å². The molecule has 5 nitrogen and oxygen atoms in total. The van der Waals surface area contributed by atoms with Crippen molar-refractivity contribution >= 4 is 22.7 Å². The van der Waals surface area contributed by atoms with Gasteiger partial charge in [-0.2, -0.15) is 0 Å². The Morgan fingerprint density at radius 2 is 1.79 bits per heavy atom. The highest BCUT2D eigenvalue weighted by Crippen LogP contribution is 2.31. The molecule has 4 aromatic rings. The van der Waals surface area contributed by atoms with E-state index in [1.54, 1.807) is 12.1 Å². The van der Waals surface area contributed by atoms with Gasteiger partial charge in [-0.1, -0.05) is 11.8 Å². The third kappa shape index (κ3) is 3.22. The lowest BCUT2D eigenvalue weighted by molar-refractivity contribution is 0.465. The molecule has 0 fully saturated rings. The number of benzene rings is 2. The van der Waals surface area contributed by atoms with E-state index >= 15 is 0 Å². The van der Waals surface area contributed by atoms with Crippen LogP contribution in [-0.2, 0) is 18.6 Å². The molecule has 1 aliphatic rings. The van der Waals surface area contributed by atoms with E-state index in [-0.39, 0.29) is 11.4 Å². The highest BCUT2D eigenvalue weighted by Gasteiger charge is 2.16. The standard InChI is InChI=1S/C21H15FN2O3S/c22-16-6-4-12(5-7-16)20-23-24-21(27-20)28-11-15-10-19(25)26-18-9-14-3-1-2-13(14)8-17(15)18/h4-10H,1-3,11H2. The summed E-state index contributed by atoms with van der Waals surface area (Å²) in [5, 5.41) is 9.40. The van der Waals surface area contributed by atoms with Gasteiger partial charge in [-0.05, 0) is 72.4 Å². The first-order valence-corrected chi connectivity index (χ1v) is 9.95. The van der Waals surface area contributed by atoms with E-state index in [1.165, 1.54) is 41.1 Å². The average molecular weight is 394 g/mol. The second-order valence-corrected chi connectivity index (χ2v) is 7.66. The molecule has 0 N–H and O–H groups in total. The normalized spacial score (nSPS) is 13.2. The lowest BCUT2D eigenvalue weighted by Crippen LogP contribution is -2.01. The molecule has 0 spiro atoms. The minimum atomic E-state index is -0.362. The van der Waals surface area contributed by atoms with Crippen LogP contribution in [0, 0.1) is 5.82 Å². The first kappa shape index (κ1) is 17.2. The Balaban J connectivity index is 1.42. The first-order valence-electron chi connectivity index (χ1n) is 8.96. The molecule has 0 bridgehead atoms. The van der Waals surface area contributed by atoms with Crippen LogP contribution in [0.3, 0.4) is 0 Å². The Hall–Kier alpha value is -2.93. The van der Waals surface area contributed by atoms with Crippen molar-refractivity contribution in [3.63, 3.8) is 0 Å². The molecule has 2 aromatic heterocycles. The van der Waals surface area contributed by atoms with E-state index in [4.69, 9.17) is 8.83 Å². The Bertz CT molecular complexity index is 1230. The van der Waals surface area contributed by atoms with Crippen molar-refractivity contribution in [2.24, 2.45) is 0 Å². The van der Waals surface area contributed by atoms with Gasteiger partial charge in [0.15, 0.2) is 0 Å². The highest BCUT2D eigenvalue weighted by molar-refractivity contribution is 7.98. The van der Waals surface area contributed by atoms with E-state index in [0.717, 1.165) is 30.2 Å². The van der Waals surface area contributed by atoms with Crippen molar-refractivity contribution < 1.29 is 13.2 Å². The summed E-state index contributed by atoms with van der Waals surface area (Å²) in [6.45, 7) is 0. The maximum absolute atomic E-state index is 13.1. The smallest absolute Gasteiger partial charge is 0.336 e. The van der Waals surface area contributed by atoms with Crippen molar-refractivity contribution in [2.45, 2.75) is 30.2 Å². The van der Waals surface area contributed by atoms with E-state index in [0.29, 0.717) is 28.0 Å². The number of halogens is 1. The summed E-state index contributed by atoms with van der Waals surface area (Å²) in [6.07, 6.45) is 3.22. The summed E-state index contributed by atoms with van der Waals surface area (Å²) in [5.74, 6) is 0.517. The van der Waals surface area contributed by atoms with Gasteiger partial charge in [0, 0.05) is 22.8 Å². The average Bonchev–Trinajstić information content (AvgIpc) is 3.34. The minimum Gasteiger partial charge on any atom is -0.423 e. The van der Waals surface area contributed by atoms with Gasteiger partial charge < -0.3 is 8.83 Å². The molecule has 0 aliphatic heterocycles. The Kier molecular flexibility index (Phi) is 4.24. The van der Waals surface area contributed by atoms with Crippen LogP contribution in [0.15, 0.2) is 61.3 Å². The minimum absolute atomic E-state index is 0.320. The molecular weight excluding hydrogens is 379 g/mol. The summed E-state index contributed by atoms with van der Waals surface area (Å²) in [6, 6.07) is 11.5. The number of fused-ring (bicyclic) bond motifs is 2. The van der Waals surface area contributed by atoms with Crippen LogP contribution in [0.5, 0.6) is 0 Å². The third-order valence-electron chi connectivity index (χ3n) is 4.89. The molecule has 140 valence electrons. The molecule has 0 saturated carbocycles. The van der Waals surface area contributed by atoms with E-state index in [1.807, 2.05) is 6.07 Å². The van der Waals surface area contributed by atoms with Gasteiger partial charge in [0.2, 0.25) is 5.89 Å². The van der Waals surface area contributed by atoms with E-state index < -0.39 is 0 Å². The quantitative estimate of drug-likeness (QED) is 0.367. The fourth-order valence-corrected chi connectivity index (χ4v) is 4.29. The third-order valence-corrected chi connectivity index (χ3v) is 5.76. The maximum Gasteiger partial charge on any atom is 0.336 e. The molecule has 0 radical (unpaired) electrons. The molecule has 0 saturated heterocycles. The molecule has 0 atom stereocenters. The molecule has 2 heterocycles. The van der Waals surface area contributed by atoms with E-state index in [2.05, 4.69) is 16.3 Å². The molecule has 5 rings (SSSR count). The summed E-state index contributed by atoms with van der Waals surface area (Å²) < 4.78 is 24.1. The van der Waals surface area contributed by atoms with Crippen LogP contribution in [0.4, 0.5) is 4.39 Å². The van der Waals surface area contributed by atoms with Crippen molar-refractivity contribution in [3.8, 4) is 11.5 Å². The topological polar surface area (TPSA) is 69.1 Å². The van der Waals surface area contributed by atoms with Gasteiger partial charge in [0.05, 0.1) is 0 Å². The zero-order chi connectivity index (χ0) is 19.1. The Morgan fingerprint density at radius 1 is 1.00 bits per heavy atom. The Morgan fingerprint density at radius 3 is 2.61 bits per heavy atom. The van der Waals surface area contributed by atoms with Crippen LogP contribution < -0.4 is 5.63 Å². The number of aryl methyl sites for hydroxylation is 2. The monoisotopic (exact) mass is 394 g/mol. The van der Waals surface area contributed by atoms with Crippen LogP contribution >= 0.6 is 11.8 Å². The van der Waals surface area contributed by atoms with Crippen molar-refractivity contribution in [3.05, 3.63) is 75.4 Å². The summed E-state index contributed by atoms with van der Waals surface area (Å²) >= 11 is 1.35. The summed E-state index contributed by atoms with van der Waals surface area (Å²) in [7, 11) is 0. The van der Waals surface area contributed by atoms with Crippen molar-refractivity contribution in [2.75, 3.05) is 0 Å². The Labute approximate surface area is 163 Å². The molecule has 7 heteroatoms. The predicted octanol–water partition coefficient (Wildman–Crippen LogP) is 4.76. The SMILES string of the molecule is O=c1cc(CSc2nnc(-c3ccc(F)cc3)o2)c2cc3c(cc2o1)CCC3. The fraction of sp³-hybridized carbons (Fsp3) is 0.190. The number of thioether (sulfide) groups is 1. The van der Waals surface area contributed by atoms with Gasteiger partial charge >= 0.3 is 5.63 Å². The summed E-state index contributed by atoms with van der Waals surface area (Å²) in [5.41, 5.74) is 4.39. The first-order chi connectivity index (χ1) is 13.7. The van der Waals surface area contributed by atoms with Crippen LogP contribution in [-0.4, -0.2) is 10.2 Å². The number of rotatable bonds is 4. The van der Waals surface area contributed by atoms with Gasteiger partial charge in [0.25, 0.3) is 5.22 Å². The second kappa shape index (κ2) is 6.91. The lowest BCUT2D eigenvalue weighted by Gasteiger charge is -2.07. The largest absolute Gasteiger partial charge is 0.423 e. The van der Waals surface area contributed by atoms with Crippen LogP contribution in [0.25, 0.3) is 22.4 Å². The van der Waals surface area contributed by atoms with Gasteiger partial charge in [-0.25, -0.2) is 9.18 Å². The highest BCUT2D eigenvalue weighted by atomic mass is 32.2. The molecule has 28 heavy (non-hydrogen) atoms. The van der Waals surface area contributed by atoms with E-state index in [9.17, 15) is 9.18 Å². The predicted molar refractivity (Wildman–Crippen MR) is 104 cm³/mol. The maximum atomic E-state index is 13.1. The van der Waals surface area contributed by atoms with Crippen molar-refractivity contribution in [1.82, 2.24) is 10.2 Å². The zero-order valence-electron chi connectivity index (χ0n) is 14.8. The number of nitrogens with zero attached hydrogens (tertiary/aromatic N) is 2. The van der Waals surface area contributed by atoms with Gasteiger partial charge in [-0.3, -0.25) is 0 Å². The fourth-order valence-electron chi connectivity index (χ4n) is 3.53. The van der Waals surface area contributed by atoms with Gasteiger partial charge in [-0.15, -0.1) is 10.2 Å². The van der Waals surface area contributed by atoms with Gasteiger partial charge in [0.1, 0.15) is 11.4 Å². The lowest BCUT2D eigenvalue weighted by atomic mass is 10.0.